The molecule has 3 heterocycles. The smallest absolute Gasteiger partial charge is 0.150 e. The highest BCUT2D eigenvalue weighted by atomic mass is 32.1. The van der Waals surface area contributed by atoms with Crippen molar-refractivity contribution in [1.82, 2.24) is 9.55 Å². The molecule has 2 aromatic carbocycles. The van der Waals surface area contributed by atoms with Crippen molar-refractivity contribution in [1.29, 1.82) is 0 Å². The number of benzene rings is 2. The second kappa shape index (κ2) is 5.55. The Balaban J connectivity index is 1.67. The van der Waals surface area contributed by atoms with Crippen LogP contribution in [0, 0.1) is 6.92 Å². The van der Waals surface area contributed by atoms with Crippen LogP contribution >= 0.6 is 22.7 Å². The molecule has 0 saturated carbocycles. The van der Waals surface area contributed by atoms with Gasteiger partial charge in [-0.2, -0.15) is 0 Å². The molecular formula is C21H16N2S2. The van der Waals surface area contributed by atoms with Crippen molar-refractivity contribution in [2.24, 2.45) is 7.05 Å². The van der Waals surface area contributed by atoms with Gasteiger partial charge in [0.2, 0.25) is 0 Å². The third kappa shape index (κ3) is 2.41. The maximum absolute atomic E-state index is 4.91. The molecular weight excluding hydrogens is 344 g/mol. The highest BCUT2D eigenvalue weighted by molar-refractivity contribution is 7.25. The molecule has 25 heavy (non-hydrogen) atoms. The summed E-state index contributed by atoms with van der Waals surface area (Å²) in [4.78, 5) is 7.44. The van der Waals surface area contributed by atoms with Crippen LogP contribution in [0.25, 0.3) is 42.1 Å². The molecule has 4 heteroatoms. The van der Waals surface area contributed by atoms with Gasteiger partial charge in [-0.3, -0.25) is 0 Å². The highest BCUT2D eigenvalue weighted by Crippen LogP contribution is 2.36. The van der Waals surface area contributed by atoms with Gasteiger partial charge in [-0.05, 0) is 37.3 Å². The van der Waals surface area contributed by atoms with Crippen molar-refractivity contribution in [3.05, 3.63) is 65.7 Å². The second-order valence-electron chi connectivity index (χ2n) is 6.28. The molecule has 0 atom stereocenters. The summed E-state index contributed by atoms with van der Waals surface area (Å²) in [6.45, 7) is 2.13. The number of hydrogen-bond acceptors (Lipinski definition) is 3. The normalized spacial score (nSPS) is 11.6. The zero-order valence-corrected chi connectivity index (χ0v) is 15.6. The highest BCUT2D eigenvalue weighted by Gasteiger charge is 2.12. The molecule has 0 aliphatic carbocycles. The average Bonchev–Trinajstić information content (AvgIpc) is 3.30. The molecule has 5 aromatic rings. The molecule has 0 aliphatic heterocycles. The number of imidazole rings is 1. The fourth-order valence-electron chi connectivity index (χ4n) is 3.27. The lowest BCUT2D eigenvalue weighted by Crippen LogP contribution is -1.87. The Morgan fingerprint density at radius 2 is 1.72 bits per heavy atom. The molecule has 0 radical (unpaired) electrons. The second-order valence-corrected chi connectivity index (χ2v) is 8.65. The lowest BCUT2D eigenvalue weighted by atomic mass is 10.1. The molecule has 3 aromatic heterocycles. The zero-order valence-electron chi connectivity index (χ0n) is 14.0. The van der Waals surface area contributed by atoms with Crippen molar-refractivity contribution in [2.75, 3.05) is 0 Å². The maximum atomic E-state index is 4.91. The first kappa shape index (κ1) is 14.9. The van der Waals surface area contributed by atoms with Gasteiger partial charge in [0.05, 0.1) is 10.6 Å². The van der Waals surface area contributed by atoms with Crippen molar-refractivity contribution in [2.45, 2.75) is 6.92 Å². The van der Waals surface area contributed by atoms with Crippen molar-refractivity contribution >= 4 is 42.8 Å². The van der Waals surface area contributed by atoms with E-state index in [1.54, 1.807) is 11.3 Å². The van der Waals surface area contributed by atoms with Gasteiger partial charge in [-0.25, -0.2) is 4.98 Å². The Morgan fingerprint density at radius 3 is 2.56 bits per heavy atom. The van der Waals surface area contributed by atoms with Crippen LogP contribution in [-0.4, -0.2) is 9.55 Å². The summed E-state index contributed by atoms with van der Waals surface area (Å²) >= 11 is 3.64. The van der Waals surface area contributed by atoms with Gasteiger partial charge in [0.15, 0.2) is 5.82 Å². The minimum absolute atomic E-state index is 1.03. The predicted octanol–water partition coefficient (Wildman–Crippen LogP) is 6.49. The molecule has 0 N–H and O–H groups in total. The number of fused-ring (bicyclic) bond motifs is 3. The maximum Gasteiger partial charge on any atom is 0.150 e. The van der Waals surface area contributed by atoms with E-state index in [9.17, 15) is 0 Å². The number of thiophene rings is 2. The Hall–Kier alpha value is -2.43. The van der Waals surface area contributed by atoms with E-state index >= 15 is 0 Å². The van der Waals surface area contributed by atoms with E-state index in [1.807, 2.05) is 11.3 Å². The quantitative estimate of drug-likeness (QED) is 0.352. The van der Waals surface area contributed by atoms with Gasteiger partial charge in [0, 0.05) is 43.9 Å². The van der Waals surface area contributed by atoms with E-state index in [0.29, 0.717) is 0 Å². The molecule has 0 bridgehead atoms. The molecule has 122 valence electrons. The fourth-order valence-corrected chi connectivity index (χ4v) is 5.26. The van der Waals surface area contributed by atoms with E-state index in [-0.39, 0.29) is 0 Å². The SMILES string of the molecule is Cc1ccc(-c2nc(-c3ccc4sc5ccccc5c4c3)cn2C)s1. The summed E-state index contributed by atoms with van der Waals surface area (Å²) < 4.78 is 4.79. The van der Waals surface area contributed by atoms with Crippen LogP contribution in [0.15, 0.2) is 60.8 Å². The van der Waals surface area contributed by atoms with E-state index < -0.39 is 0 Å². The summed E-state index contributed by atoms with van der Waals surface area (Å²) in [6.07, 6.45) is 2.13. The Bertz CT molecular complexity index is 1220. The van der Waals surface area contributed by atoms with Gasteiger partial charge >= 0.3 is 0 Å². The van der Waals surface area contributed by atoms with E-state index in [4.69, 9.17) is 4.98 Å². The largest absolute Gasteiger partial charge is 0.333 e. The van der Waals surface area contributed by atoms with Crippen molar-refractivity contribution < 1.29 is 0 Å². The van der Waals surface area contributed by atoms with Gasteiger partial charge in [0.25, 0.3) is 0 Å². The van der Waals surface area contributed by atoms with Crippen molar-refractivity contribution in [3.63, 3.8) is 0 Å². The van der Waals surface area contributed by atoms with Crippen molar-refractivity contribution in [3.8, 4) is 22.0 Å². The molecule has 0 saturated heterocycles. The monoisotopic (exact) mass is 360 g/mol. The number of aromatic nitrogens is 2. The lowest BCUT2D eigenvalue weighted by molar-refractivity contribution is 0.928. The lowest BCUT2D eigenvalue weighted by Gasteiger charge is -1.98. The van der Waals surface area contributed by atoms with E-state index in [0.717, 1.165) is 11.5 Å². The van der Waals surface area contributed by atoms with Crippen LogP contribution in [0.2, 0.25) is 0 Å². The minimum atomic E-state index is 1.03. The summed E-state index contributed by atoms with van der Waals surface area (Å²) in [5, 5.41) is 2.65. The zero-order chi connectivity index (χ0) is 17.0. The first-order valence-corrected chi connectivity index (χ1v) is 9.84. The molecule has 2 nitrogen and oxygen atoms in total. The predicted molar refractivity (Wildman–Crippen MR) is 110 cm³/mol. The summed E-state index contributed by atoms with van der Waals surface area (Å²) in [6, 6.07) is 19.6. The third-order valence-corrected chi connectivity index (χ3v) is 6.66. The Morgan fingerprint density at radius 1 is 0.880 bits per heavy atom. The fraction of sp³-hybridized carbons (Fsp3) is 0.0952. The molecule has 0 aliphatic rings. The molecule has 0 amide bonds. The molecule has 0 fully saturated rings. The van der Waals surface area contributed by atoms with Crippen LogP contribution in [0.3, 0.4) is 0 Å². The summed E-state index contributed by atoms with van der Waals surface area (Å²) in [5.41, 5.74) is 2.20. The minimum Gasteiger partial charge on any atom is -0.333 e. The Labute approximate surface area is 154 Å². The summed E-state index contributed by atoms with van der Waals surface area (Å²) in [5.74, 6) is 1.03. The third-order valence-electron chi connectivity index (χ3n) is 4.51. The first-order chi connectivity index (χ1) is 12.2. The van der Waals surface area contributed by atoms with E-state index in [1.165, 1.54) is 35.5 Å². The van der Waals surface area contributed by atoms with E-state index in [2.05, 4.69) is 79.3 Å². The van der Waals surface area contributed by atoms with Gasteiger partial charge in [-0.1, -0.05) is 24.3 Å². The molecule has 0 spiro atoms. The molecule has 5 rings (SSSR count). The standard InChI is InChI=1S/C21H16N2S2/c1-13-7-9-20(24-13)21-22-17(12-23(21)2)14-8-10-19-16(11-14)15-5-3-4-6-18(15)25-19/h3-12H,1-2H3. The number of nitrogens with zero attached hydrogens (tertiary/aromatic N) is 2. The number of aryl methyl sites for hydroxylation is 2. The number of rotatable bonds is 2. The van der Waals surface area contributed by atoms with Crippen LogP contribution in [-0.2, 0) is 7.05 Å². The van der Waals surface area contributed by atoms with Crippen LogP contribution < -0.4 is 0 Å². The van der Waals surface area contributed by atoms with Crippen LogP contribution in [0.5, 0.6) is 0 Å². The topological polar surface area (TPSA) is 17.8 Å². The van der Waals surface area contributed by atoms with Crippen LogP contribution in [0.1, 0.15) is 4.88 Å². The summed E-state index contributed by atoms with van der Waals surface area (Å²) in [7, 11) is 2.07. The van der Waals surface area contributed by atoms with Gasteiger partial charge in [0.1, 0.15) is 0 Å². The Kier molecular flexibility index (Phi) is 3.30. The number of hydrogen-bond donors (Lipinski definition) is 0. The van der Waals surface area contributed by atoms with Gasteiger partial charge < -0.3 is 4.57 Å². The average molecular weight is 361 g/mol. The van der Waals surface area contributed by atoms with Gasteiger partial charge in [-0.15, -0.1) is 22.7 Å². The molecule has 0 unspecified atom stereocenters. The first-order valence-electron chi connectivity index (χ1n) is 8.21. The van der Waals surface area contributed by atoms with Crippen LogP contribution in [0.4, 0.5) is 0 Å².